The van der Waals surface area contributed by atoms with E-state index < -0.39 is 0 Å². The third-order valence-electron chi connectivity index (χ3n) is 5.67. The minimum absolute atomic E-state index is 0.0703. The third kappa shape index (κ3) is 4.19. The summed E-state index contributed by atoms with van der Waals surface area (Å²) < 4.78 is 4.89. The fourth-order valence-electron chi connectivity index (χ4n) is 4.30. The lowest BCUT2D eigenvalue weighted by Gasteiger charge is -2.47. The smallest absolute Gasteiger partial charge is 0.307 e. The van der Waals surface area contributed by atoms with Crippen LogP contribution in [0.4, 0.5) is 0 Å². The second-order valence-corrected chi connectivity index (χ2v) is 6.82. The van der Waals surface area contributed by atoms with Crippen molar-refractivity contribution in [3.63, 3.8) is 0 Å². The Bertz CT molecular complexity index is 335. The van der Waals surface area contributed by atoms with Crippen molar-refractivity contribution in [1.29, 1.82) is 0 Å². The lowest BCUT2D eigenvalue weighted by Crippen LogP contribution is -2.53. The lowest BCUT2D eigenvalue weighted by atomic mass is 9.75. The van der Waals surface area contributed by atoms with Crippen molar-refractivity contribution in [2.75, 3.05) is 20.2 Å². The SMILES string of the molecule is CCC1CCC(CN)C(N2CCCCC2CC(=O)OC)C1. The molecule has 2 fully saturated rings. The Morgan fingerprint density at radius 2 is 2.10 bits per heavy atom. The highest BCUT2D eigenvalue weighted by molar-refractivity contribution is 5.69. The molecule has 0 aromatic rings. The number of methoxy groups -OCH3 is 1. The minimum Gasteiger partial charge on any atom is -0.469 e. The summed E-state index contributed by atoms with van der Waals surface area (Å²) in [5.41, 5.74) is 6.04. The lowest BCUT2D eigenvalue weighted by molar-refractivity contribution is -0.143. The summed E-state index contributed by atoms with van der Waals surface area (Å²) in [5, 5.41) is 0. The number of likely N-dealkylation sites (tertiary alicyclic amines) is 1. The molecule has 0 bridgehead atoms. The van der Waals surface area contributed by atoms with Crippen LogP contribution in [0.3, 0.4) is 0 Å². The molecule has 2 aliphatic rings. The second kappa shape index (κ2) is 8.14. The molecule has 4 heteroatoms. The van der Waals surface area contributed by atoms with Gasteiger partial charge in [0, 0.05) is 12.1 Å². The van der Waals surface area contributed by atoms with E-state index in [0.29, 0.717) is 24.4 Å². The van der Waals surface area contributed by atoms with Crippen molar-refractivity contribution >= 4 is 5.97 Å². The number of hydrogen-bond acceptors (Lipinski definition) is 4. The van der Waals surface area contributed by atoms with Crippen molar-refractivity contribution in [3.05, 3.63) is 0 Å². The van der Waals surface area contributed by atoms with Gasteiger partial charge in [0.05, 0.1) is 13.5 Å². The zero-order valence-electron chi connectivity index (χ0n) is 13.7. The van der Waals surface area contributed by atoms with Gasteiger partial charge in [-0.15, -0.1) is 0 Å². The highest BCUT2D eigenvalue weighted by Gasteiger charge is 2.37. The molecule has 122 valence electrons. The van der Waals surface area contributed by atoms with Crippen molar-refractivity contribution in [1.82, 2.24) is 4.90 Å². The van der Waals surface area contributed by atoms with Crippen LogP contribution >= 0.6 is 0 Å². The summed E-state index contributed by atoms with van der Waals surface area (Å²) in [6, 6.07) is 0.935. The average molecular weight is 296 g/mol. The number of ether oxygens (including phenoxy) is 1. The molecule has 0 amide bonds. The van der Waals surface area contributed by atoms with Crippen LogP contribution in [0.25, 0.3) is 0 Å². The molecular formula is C17H32N2O2. The largest absolute Gasteiger partial charge is 0.469 e. The van der Waals surface area contributed by atoms with Gasteiger partial charge in [0.1, 0.15) is 0 Å². The number of nitrogens with two attached hydrogens (primary N) is 1. The van der Waals surface area contributed by atoms with Gasteiger partial charge >= 0.3 is 5.97 Å². The number of carbonyl (C=O) groups excluding carboxylic acids is 1. The standard InChI is InChI=1S/C17H32N2O2/c1-3-13-7-8-14(12-18)16(10-13)19-9-5-4-6-15(19)11-17(20)21-2/h13-16H,3-12,18H2,1-2H3. The van der Waals surface area contributed by atoms with Gasteiger partial charge in [-0.25, -0.2) is 0 Å². The highest BCUT2D eigenvalue weighted by Crippen LogP contribution is 2.36. The number of nitrogens with zero attached hydrogens (tertiary/aromatic N) is 1. The Morgan fingerprint density at radius 3 is 2.76 bits per heavy atom. The second-order valence-electron chi connectivity index (χ2n) is 6.82. The maximum absolute atomic E-state index is 11.7. The van der Waals surface area contributed by atoms with E-state index >= 15 is 0 Å². The van der Waals surface area contributed by atoms with Crippen molar-refractivity contribution < 1.29 is 9.53 Å². The van der Waals surface area contributed by atoms with Crippen LogP contribution in [0.15, 0.2) is 0 Å². The van der Waals surface area contributed by atoms with Gasteiger partial charge in [0.2, 0.25) is 0 Å². The first kappa shape index (κ1) is 16.8. The van der Waals surface area contributed by atoms with Crippen LogP contribution in [0.1, 0.15) is 58.3 Å². The normalized spacial score (nSPS) is 34.6. The van der Waals surface area contributed by atoms with E-state index in [4.69, 9.17) is 10.5 Å². The van der Waals surface area contributed by atoms with Crippen molar-refractivity contribution in [2.24, 2.45) is 17.6 Å². The first-order chi connectivity index (χ1) is 10.2. The van der Waals surface area contributed by atoms with Crippen LogP contribution in [0, 0.1) is 11.8 Å². The molecule has 2 N–H and O–H groups in total. The number of esters is 1. The van der Waals surface area contributed by atoms with Crippen LogP contribution in [0.5, 0.6) is 0 Å². The third-order valence-corrected chi connectivity index (χ3v) is 5.67. The molecule has 4 nitrogen and oxygen atoms in total. The molecule has 1 saturated carbocycles. The van der Waals surface area contributed by atoms with Crippen LogP contribution in [0.2, 0.25) is 0 Å². The zero-order valence-corrected chi connectivity index (χ0v) is 13.7. The van der Waals surface area contributed by atoms with Crippen LogP contribution in [-0.2, 0) is 9.53 Å². The van der Waals surface area contributed by atoms with Gasteiger partial charge in [-0.3, -0.25) is 9.69 Å². The van der Waals surface area contributed by atoms with E-state index in [-0.39, 0.29) is 5.97 Å². The Balaban J connectivity index is 2.07. The Labute approximate surface area is 129 Å². The van der Waals surface area contributed by atoms with Crippen molar-refractivity contribution in [3.8, 4) is 0 Å². The minimum atomic E-state index is -0.0703. The van der Waals surface area contributed by atoms with E-state index in [1.807, 2.05) is 0 Å². The Hall–Kier alpha value is -0.610. The maximum Gasteiger partial charge on any atom is 0.307 e. The summed E-state index contributed by atoms with van der Waals surface area (Å²) >= 11 is 0. The van der Waals surface area contributed by atoms with Gasteiger partial charge in [0.25, 0.3) is 0 Å². The molecule has 1 saturated heterocycles. The fourth-order valence-corrected chi connectivity index (χ4v) is 4.30. The molecule has 0 spiro atoms. The molecule has 2 rings (SSSR count). The topological polar surface area (TPSA) is 55.6 Å². The van der Waals surface area contributed by atoms with E-state index in [2.05, 4.69) is 11.8 Å². The van der Waals surface area contributed by atoms with Gasteiger partial charge < -0.3 is 10.5 Å². The number of piperidine rings is 1. The molecule has 0 radical (unpaired) electrons. The molecule has 4 atom stereocenters. The van der Waals surface area contributed by atoms with E-state index in [1.165, 1.54) is 45.6 Å². The Morgan fingerprint density at radius 1 is 1.29 bits per heavy atom. The van der Waals surface area contributed by atoms with Gasteiger partial charge in [-0.2, -0.15) is 0 Å². The van der Waals surface area contributed by atoms with E-state index in [9.17, 15) is 4.79 Å². The molecule has 1 heterocycles. The van der Waals surface area contributed by atoms with Crippen LogP contribution < -0.4 is 5.73 Å². The number of rotatable bonds is 5. The summed E-state index contributed by atoms with van der Waals surface area (Å²) in [6.07, 6.45) is 9.25. The van der Waals surface area contributed by atoms with Crippen LogP contribution in [-0.4, -0.2) is 43.2 Å². The monoisotopic (exact) mass is 296 g/mol. The summed E-state index contributed by atoms with van der Waals surface area (Å²) in [6.45, 7) is 4.20. The zero-order chi connectivity index (χ0) is 15.2. The van der Waals surface area contributed by atoms with Crippen molar-refractivity contribution in [2.45, 2.75) is 70.4 Å². The number of hydrogen-bond donors (Lipinski definition) is 1. The Kier molecular flexibility index (Phi) is 6.49. The average Bonchev–Trinajstić information content (AvgIpc) is 2.54. The molecule has 1 aliphatic heterocycles. The summed E-state index contributed by atoms with van der Waals surface area (Å²) in [5.74, 6) is 1.36. The molecule has 1 aliphatic carbocycles. The maximum atomic E-state index is 11.7. The molecule has 0 aromatic heterocycles. The predicted octanol–water partition coefficient (Wildman–Crippen LogP) is 2.56. The highest BCUT2D eigenvalue weighted by atomic mass is 16.5. The first-order valence-corrected chi connectivity index (χ1v) is 8.72. The number of carbonyl (C=O) groups is 1. The predicted molar refractivity (Wildman–Crippen MR) is 84.9 cm³/mol. The van der Waals surface area contributed by atoms with E-state index in [1.54, 1.807) is 0 Å². The van der Waals surface area contributed by atoms with Gasteiger partial charge in [-0.1, -0.05) is 26.2 Å². The molecular weight excluding hydrogens is 264 g/mol. The fraction of sp³-hybridized carbons (Fsp3) is 0.941. The molecule has 0 aromatic carbocycles. The molecule has 4 unspecified atom stereocenters. The summed E-state index contributed by atoms with van der Waals surface area (Å²) in [4.78, 5) is 14.3. The quantitative estimate of drug-likeness (QED) is 0.792. The molecule has 21 heavy (non-hydrogen) atoms. The first-order valence-electron chi connectivity index (χ1n) is 8.72. The van der Waals surface area contributed by atoms with E-state index in [0.717, 1.165) is 25.4 Å². The summed E-state index contributed by atoms with van der Waals surface area (Å²) in [7, 11) is 1.49. The van der Waals surface area contributed by atoms with Gasteiger partial charge in [0.15, 0.2) is 0 Å². The van der Waals surface area contributed by atoms with Gasteiger partial charge in [-0.05, 0) is 50.6 Å².